The average Bonchev–Trinajstić information content (AvgIpc) is 2.64. The van der Waals surface area contributed by atoms with Gasteiger partial charge in [0.15, 0.2) is 0 Å². The molecule has 1 aromatic heterocycles. The van der Waals surface area contributed by atoms with Crippen molar-refractivity contribution in [3.05, 3.63) is 47.5 Å². The molecule has 0 N–H and O–H groups in total. The molecule has 0 aliphatic heterocycles. The summed E-state index contributed by atoms with van der Waals surface area (Å²) >= 11 is 0. The number of nitriles is 1. The number of halogens is 1. The zero-order chi connectivity index (χ0) is 10.8. The van der Waals surface area contributed by atoms with Crippen LogP contribution in [-0.4, -0.2) is 9.78 Å². The van der Waals surface area contributed by atoms with E-state index in [4.69, 9.17) is 5.26 Å². The third-order valence-electron chi connectivity index (χ3n) is 2.14. The Morgan fingerprint density at radius 3 is 2.73 bits per heavy atom. The van der Waals surface area contributed by atoms with E-state index in [2.05, 4.69) is 5.10 Å². The van der Waals surface area contributed by atoms with Gasteiger partial charge in [0, 0.05) is 11.9 Å². The Kier molecular flexibility index (Phi) is 2.22. The number of benzene rings is 1. The molecule has 1 aromatic carbocycles. The third-order valence-corrected chi connectivity index (χ3v) is 2.14. The minimum atomic E-state index is -0.444. The van der Waals surface area contributed by atoms with Gasteiger partial charge in [-0.1, -0.05) is 0 Å². The SMILES string of the molecule is Cc1ccnn1-c1ccc(C#N)cc1F. The summed E-state index contributed by atoms with van der Waals surface area (Å²) in [6.07, 6.45) is 1.60. The molecule has 0 radical (unpaired) electrons. The molecule has 0 amide bonds. The van der Waals surface area contributed by atoms with Crippen LogP contribution in [-0.2, 0) is 0 Å². The summed E-state index contributed by atoms with van der Waals surface area (Å²) < 4.78 is 15.1. The lowest BCUT2D eigenvalue weighted by atomic mass is 10.2. The van der Waals surface area contributed by atoms with Crippen LogP contribution in [0, 0.1) is 24.1 Å². The Hall–Kier alpha value is -2.15. The van der Waals surface area contributed by atoms with Crippen LogP contribution >= 0.6 is 0 Å². The highest BCUT2D eigenvalue weighted by Crippen LogP contribution is 2.15. The normalized spacial score (nSPS) is 9.93. The number of hydrogen-bond donors (Lipinski definition) is 0. The van der Waals surface area contributed by atoms with Gasteiger partial charge in [-0.3, -0.25) is 0 Å². The van der Waals surface area contributed by atoms with Crippen LogP contribution in [0.25, 0.3) is 5.69 Å². The number of nitrogens with zero attached hydrogens (tertiary/aromatic N) is 3. The van der Waals surface area contributed by atoms with Gasteiger partial charge in [0.25, 0.3) is 0 Å². The first kappa shape index (κ1) is 9.41. The lowest BCUT2D eigenvalue weighted by Gasteiger charge is -2.05. The molecule has 1 heterocycles. The summed E-state index contributed by atoms with van der Waals surface area (Å²) in [4.78, 5) is 0. The highest BCUT2D eigenvalue weighted by Gasteiger charge is 2.07. The average molecular weight is 201 g/mol. The van der Waals surface area contributed by atoms with Crippen LogP contribution in [0.15, 0.2) is 30.5 Å². The largest absolute Gasteiger partial charge is 0.235 e. The second-order valence-corrected chi connectivity index (χ2v) is 3.16. The lowest BCUT2D eigenvalue weighted by molar-refractivity contribution is 0.608. The van der Waals surface area contributed by atoms with E-state index >= 15 is 0 Å². The van der Waals surface area contributed by atoms with Gasteiger partial charge in [-0.2, -0.15) is 10.4 Å². The van der Waals surface area contributed by atoms with Gasteiger partial charge in [0.2, 0.25) is 0 Å². The topological polar surface area (TPSA) is 41.6 Å². The van der Waals surface area contributed by atoms with E-state index in [1.54, 1.807) is 24.4 Å². The maximum absolute atomic E-state index is 13.6. The summed E-state index contributed by atoms with van der Waals surface area (Å²) in [6, 6.07) is 8.00. The summed E-state index contributed by atoms with van der Waals surface area (Å²) in [5.41, 5.74) is 1.51. The van der Waals surface area contributed by atoms with Gasteiger partial charge < -0.3 is 0 Å². The summed E-state index contributed by atoms with van der Waals surface area (Å²) in [7, 11) is 0. The van der Waals surface area contributed by atoms with Crippen molar-refractivity contribution in [3.8, 4) is 11.8 Å². The Labute approximate surface area is 86.4 Å². The minimum absolute atomic E-state index is 0.307. The van der Waals surface area contributed by atoms with E-state index in [-0.39, 0.29) is 0 Å². The third kappa shape index (κ3) is 1.59. The molecule has 2 aromatic rings. The Morgan fingerprint density at radius 1 is 1.40 bits per heavy atom. The van der Waals surface area contributed by atoms with Crippen molar-refractivity contribution in [2.24, 2.45) is 0 Å². The Morgan fingerprint density at radius 2 is 2.20 bits per heavy atom. The molecule has 0 atom stereocenters. The second-order valence-electron chi connectivity index (χ2n) is 3.16. The Balaban J connectivity index is 2.56. The minimum Gasteiger partial charge on any atom is -0.235 e. The molecule has 2 rings (SSSR count). The molecule has 0 spiro atoms. The summed E-state index contributed by atoms with van der Waals surface area (Å²) in [5, 5.41) is 12.6. The molecule has 15 heavy (non-hydrogen) atoms. The molecule has 3 nitrogen and oxygen atoms in total. The molecule has 0 aliphatic carbocycles. The lowest BCUT2D eigenvalue weighted by Crippen LogP contribution is -2.01. The molecule has 74 valence electrons. The van der Waals surface area contributed by atoms with E-state index in [0.717, 1.165) is 5.69 Å². The maximum Gasteiger partial charge on any atom is 0.150 e. The quantitative estimate of drug-likeness (QED) is 0.709. The first-order valence-corrected chi connectivity index (χ1v) is 4.43. The number of aromatic nitrogens is 2. The van der Waals surface area contributed by atoms with Gasteiger partial charge in [-0.05, 0) is 31.2 Å². The van der Waals surface area contributed by atoms with E-state index in [0.29, 0.717) is 11.3 Å². The highest BCUT2D eigenvalue weighted by atomic mass is 19.1. The molecular formula is C11H8FN3. The fourth-order valence-electron chi connectivity index (χ4n) is 1.37. The Bertz CT molecular complexity index is 537. The van der Waals surface area contributed by atoms with Crippen molar-refractivity contribution >= 4 is 0 Å². The molecule has 0 bridgehead atoms. The van der Waals surface area contributed by atoms with Crippen LogP contribution in [0.4, 0.5) is 4.39 Å². The standard InChI is InChI=1S/C11H8FN3/c1-8-4-5-14-15(8)11-3-2-9(7-13)6-10(11)12/h2-6H,1H3. The van der Waals surface area contributed by atoms with E-state index in [1.165, 1.54) is 10.7 Å². The fourth-order valence-corrected chi connectivity index (χ4v) is 1.37. The number of aryl methyl sites for hydroxylation is 1. The molecule has 0 saturated heterocycles. The predicted octanol–water partition coefficient (Wildman–Crippen LogP) is 2.19. The summed E-state index contributed by atoms with van der Waals surface area (Å²) in [6.45, 7) is 1.84. The van der Waals surface area contributed by atoms with Crippen molar-refractivity contribution in [3.63, 3.8) is 0 Å². The molecule has 0 unspecified atom stereocenters. The molecular weight excluding hydrogens is 193 g/mol. The zero-order valence-corrected chi connectivity index (χ0v) is 8.11. The molecule has 0 saturated carbocycles. The molecule has 4 heteroatoms. The zero-order valence-electron chi connectivity index (χ0n) is 8.11. The maximum atomic E-state index is 13.6. The van der Waals surface area contributed by atoms with Gasteiger partial charge in [-0.25, -0.2) is 9.07 Å². The van der Waals surface area contributed by atoms with Gasteiger partial charge in [-0.15, -0.1) is 0 Å². The van der Waals surface area contributed by atoms with E-state index in [9.17, 15) is 4.39 Å². The second kappa shape index (κ2) is 3.54. The van der Waals surface area contributed by atoms with Crippen molar-refractivity contribution in [2.45, 2.75) is 6.92 Å². The highest BCUT2D eigenvalue weighted by molar-refractivity contribution is 5.41. The summed E-state index contributed by atoms with van der Waals surface area (Å²) in [5.74, 6) is -0.444. The van der Waals surface area contributed by atoms with Crippen LogP contribution in [0.3, 0.4) is 0 Å². The van der Waals surface area contributed by atoms with Crippen molar-refractivity contribution in [2.75, 3.05) is 0 Å². The van der Waals surface area contributed by atoms with Crippen LogP contribution in [0.5, 0.6) is 0 Å². The van der Waals surface area contributed by atoms with Crippen molar-refractivity contribution < 1.29 is 4.39 Å². The van der Waals surface area contributed by atoms with E-state index < -0.39 is 5.82 Å². The fraction of sp³-hybridized carbons (Fsp3) is 0.0909. The van der Waals surface area contributed by atoms with Gasteiger partial charge in [0.05, 0.1) is 11.6 Å². The van der Waals surface area contributed by atoms with Gasteiger partial charge in [0.1, 0.15) is 11.5 Å². The first-order chi connectivity index (χ1) is 7.22. The van der Waals surface area contributed by atoms with Crippen molar-refractivity contribution in [1.82, 2.24) is 9.78 Å². The van der Waals surface area contributed by atoms with Gasteiger partial charge >= 0.3 is 0 Å². The molecule has 0 fully saturated rings. The van der Waals surface area contributed by atoms with E-state index in [1.807, 2.05) is 13.0 Å². The number of rotatable bonds is 1. The van der Waals surface area contributed by atoms with Crippen LogP contribution in [0.1, 0.15) is 11.3 Å². The predicted molar refractivity (Wildman–Crippen MR) is 53.0 cm³/mol. The van der Waals surface area contributed by atoms with Crippen LogP contribution in [0.2, 0.25) is 0 Å². The monoisotopic (exact) mass is 201 g/mol. The first-order valence-electron chi connectivity index (χ1n) is 4.43. The molecule has 0 aliphatic rings. The van der Waals surface area contributed by atoms with Crippen molar-refractivity contribution in [1.29, 1.82) is 5.26 Å². The van der Waals surface area contributed by atoms with Crippen LogP contribution < -0.4 is 0 Å². The smallest absolute Gasteiger partial charge is 0.150 e. The number of hydrogen-bond acceptors (Lipinski definition) is 2.